The number of hydrogen-bond acceptors (Lipinski definition) is 4. The van der Waals surface area contributed by atoms with E-state index in [0.29, 0.717) is 37.4 Å². The molecule has 1 aromatic carbocycles. The SMILES string of the molecule is CC[C@H]1CN(C(=O)c2ccc3cccnc3n2)CCC(=O)N1Cc1ccccc1. The van der Waals surface area contributed by atoms with Gasteiger partial charge in [-0.3, -0.25) is 9.59 Å². The van der Waals surface area contributed by atoms with E-state index in [2.05, 4.69) is 16.9 Å². The van der Waals surface area contributed by atoms with Gasteiger partial charge in [0.25, 0.3) is 5.91 Å². The summed E-state index contributed by atoms with van der Waals surface area (Å²) in [6.45, 7) is 3.54. The van der Waals surface area contributed by atoms with Gasteiger partial charge in [0.05, 0.1) is 0 Å². The fraction of sp³-hybridized carbons (Fsp3) is 0.304. The van der Waals surface area contributed by atoms with Crippen molar-refractivity contribution in [3.05, 3.63) is 72.1 Å². The second-order valence-electron chi connectivity index (χ2n) is 7.32. The molecule has 0 radical (unpaired) electrons. The number of carbonyl (C=O) groups excluding carboxylic acids is 2. The van der Waals surface area contributed by atoms with Crippen molar-refractivity contribution in [3.8, 4) is 0 Å². The van der Waals surface area contributed by atoms with Crippen molar-refractivity contribution in [1.29, 1.82) is 0 Å². The maximum atomic E-state index is 13.1. The Labute approximate surface area is 170 Å². The highest BCUT2D eigenvalue weighted by atomic mass is 16.2. The minimum Gasteiger partial charge on any atom is -0.335 e. The van der Waals surface area contributed by atoms with Gasteiger partial charge in [-0.25, -0.2) is 9.97 Å². The molecule has 0 spiro atoms. The van der Waals surface area contributed by atoms with Gasteiger partial charge in [0.2, 0.25) is 5.91 Å². The minimum atomic E-state index is -0.148. The highest BCUT2D eigenvalue weighted by molar-refractivity contribution is 5.95. The number of nitrogens with zero attached hydrogens (tertiary/aromatic N) is 4. The highest BCUT2D eigenvalue weighted by Gasteiger charge is 2.31. The summed E-state index contributed by atoms with van der Waals surface area (Å²) in [5, 5.41) is 0.899. The number of aromatic nitrogens is 2. The lowest BCUT2D eigenvalue weighted by atomic mass is 10.1. The van der Waals surface area contributed by atoms with Crippen LogP contribution in [0.5, 0.6) is 0 Å². The standard InChI is InChI=1S/C23H24N4O2/c1-2-19-16-26(14-12-21(28)27(19)15-17-7-4-3-5-8-17)23(29)20-11-10-18-9-6-13-24-22(18)25-20/h3-11,13,19H,2,12,14-16H2,1H3/t19-/m0/s1. The average Bonchev–Trinajstić information content (AvgIpc) is 2.92. The zero-order valence-corrected chi connectivity index (χ0v) is 16.5. The fourth-order valence-corrected chi connectivity index (χ4v) is 3.79. The number of fused-ring (bicyclic) bond motifs is 1. The maximum absolute atomic E-state index is 13.1. The highest BCUT2D eigenvalue weighted by Crippen LogP contribution is 2.19. The van der Waals surface area contributed by atoms with Gasteiger partial charge in [-0.05, 0) is 36.2 Å². The van der Waals surface area contributed by atoms with E-state index in [1.54, 1.807) is 17.2 Å². The van der Waals surface area contributed by atoms with Gasteiger partial charge >= 0.3 is 0 Å². The molecular formula is C23H24N4O2. The lowest BCUT2D eigenvalue weighted by Crippen LogP contribution is -2.43. The second kappa shape index (κ2) is 8.39. The Morgan fingerprint density at radius 2 is 1.93 bits per heavy atom. The smallest absolute Gasteiger partial charge is 0.272 e. The molecule has 1 aliphatic rings. The monoisotopic (exact) mass is 388 g/mol. The number of benzene rings is 1. The summed E-state index contributed by atoms with van der Waals surface area (Å²) in [5.74, 6) is -0.0606. The van der Waals surface area contributed by atoms with Crippen molar-refractivity contribution in [3.63, 3.8) is 0 Å². The van der Waals surface area contributed by atoms with E-state index in [4.69, 9.17) is 0 Å². The maximum Gasteiger partial charge on any atom is 0.272 e. The van der Waals surface area contributed by atoms with Crippen LogP contribution in [0.3, 0.4) is 0 Å². The first-order valence-corrected chi connectivity index (χ1v) is 10.00. The molecule has 4 rings (SSSR count). The quantitative estimate of drug-likeness (QED) is 0.688. The Morgan fingerprint density at radius 3 is 2.72 bits per heavy atom. The van der Waals surface area contributed by atoms with Crippen molar-refractivity contribution in [1.82, 2.24) is 19.8 Å². The first-order chi connectivity index (χ1) is 14.2. The first-order valence-electron chi connectivity index (χ1n) is 10.00. The third kappa shape index (κ3) is 4.11. The van der Waals surface area contributed by atoms with Crippen LogP contribution < -0.4 is 0 Å². The molecule has 1 fully saturated rings. The van der Waals surface area contributed by atoms with Crippen LogP contribution in [0.4, 0.5) is 0 Å². The summed E-state index contributed by atoms with van der Waals surface area (Å²) in [6.07, 6.45) is 2.78. The van der Waals surface area contributed by atoms with Crippen LogP contribution >= 0.6 is 0 Å². The number of carbonyl (C=O) groups is 2. The van der Waals surface area contributed by atoms with Gasteiger partial charge in [0.1, 0.15) is 5.69 Å². The second-order valence-corrected chi connectivity index (χ2v) is 7.32. The summed E-state index contributed by atoms with van der Waals surface area (Å²) in [7, 11) is 0. The third-order valence-corrected chi connectivity index (χ3v) is 5.43. The van der Waals surface area contributed by atoms with Crippen LogP contribution in [0.2, 0.25) is 0 Å². The first kappa shape index (κ1) is 19.1. The van der Waals surface area contributed by atoms with Gasteiger partial charge in [-0.15, -0.1) is 0 Å². The molecule has 6 heteroatoms. The zero-order chi connectivity index (χ0) is 20.2. The third-order valence-electron chi connectivity index (χ3n) is 5.43. The summed E-state index contributed by atoms with van der Waals surface area (Å²) in [4.78, 5) is 38.3. The summed E-state index contributed by atoms with van der Waals surface area (Å²) in [5.41, 5.74) is 2.03. The van der Waals surface area contributed by atoms with E-state index < -0.39 is 0 Å². The van der Waals surface area contributed by atoms with E-state index in [-0.39, 0.29) is 17.9 Å². The average molecular weight is 388 g/mol. The zero-order valence-electron chi connectivity index (χ0n) is 16.5. The Kier molecular flexibility index (Phi) is 5.51. The van der Waals surface area contributed by atoms with Crippen molar-refractivity contribution in [2.75, 3.05) is 13.1 Å². The van der Waals surface area contributed by atoms with Gasteiger partial charge in [0.15, 0.2) is 5.65 Å². The molecule has 6 nitrogen and oxygen atoms in total. The Balaban J connectivity index is 1.55. The molecule has 2 amide bonds. The van der Waals surface area contributed by atoms with E-state index in [1.165, 1.54) is 0 Å². The molecule has 3 aromatic rings. The minimum absolute atomic E-state index is 0.0206. The molecule has 0 bridgehead atoms. The molecule has 2 aromatic heterocycles. The molecule has 0 saturated carbocycles. The van der Waals surface area contributed by atoms with E-state index in [0.717, 1.165) is 17.4 Å². The molecule has 148 valence electrons. The van der Waals surface area contributed by atoms with E-state index >= 15 is 0 Å². The number of rotatable bonds is 4. The molecule has 1 saturated heterocycles. The fourth-order valence-electron chi connectivity index (χ4n) is 3.79. The Hall–Kier alpha value is -3.28. The normalized spacial score (nSPS) is 17.4. The van der Waals surface area contributed by atoms with Gasteiger partial charge in [-0.1, -0.05) is 37.3 Å². The van der Waals surface area contributed by atoms with Crippen LogP contribution in [0.25, 0.3) is 11.0 Å². The van der Waals surface area contributed by atoms with Crippen LogP contribution in [0.15, 0.2) is 60.8 Å². The van der Waals surface area contributed by atoms with Crippen molar-refractivity contribution >= 4 is 22.8 Å². The number of hydrogen-bond donors (Lipinski definition) is 0. The van der Waals surface area contributed by atoms with Gasteiger partial charge < -0.3 is 9.80 Å². The molecule has 3 heterocycles. The van der Waals surface area contributed by atoms with Crippen LogP contribution in [-0.2, 0) is 11.3 Å². The van der Waals surface area contributed by atoms with Crippen LogP contribution in [0, 0.1) is 0 Å². The molecule has 1 aliphatic heterocycles. The number of pyridine rings is 2. The summed E-state index contributed by atoms with van der Waals surface area (Å²) in [6, 6.07) is 17.3. The summed E-state index contributed by atoms with van der Waals surface area (Å²) >= 11 is 0. The lowest BCUT2D eigenvalue weighted by molar-refractivity contribution is -0.133. The van der Waals surface area contributed by atoms with E-state index in [9.17, 15) is 9.59 Å². The van der Waals surface area contributed by atoms with Crippen molar-refractivity contribution in [2.45, 2.75) is 32.4 Å². The molecule has 0 N–H and O–H groups in total. The molecule has 1 atom stereocenters. The topological polar surface area (TPSA) is 66.4 Å². The van der Waals surface area contributed by atoms with E-state index in [1.807, 2.05) is 53.4 Å². The molecule has 29 heavy (non-hydrogen) atoms. The predicted molar refractivity (Wildman–Crippen MR) is 111 cm³/mol. The number of amides is 2. The van der Waals surface area contributed by atoms with Gasteiger partial charge in [-0.2, -0.15) is 0 Å². The largest absolute Gasteiger partial charge is 0.335 e. The van der Waals surface area contributed by atoms with Crippen molar-refractivity contribution < 1.29 is 9.59 Å². The summed E-state index contributed by atoms with van der Waals surface area (Å²) < 4.78 is 0. The predicted octanol–water partition coefficient (Wildman–Crippen LogP) is 3.28. The van der Waals surface area contributed by atoms with Crippen LogP contribution in [0.1, 0.15) is 35.8 Å². The van der Waals surface area contributed by atoms with Crippen LogP contribution in [-0.4, -0.2) is 50.7 Å². The Morgan fingerprint density at radius 1 is 1.10 bits per heavy atom. The van der Waals surface area contributed by atoms with Gasteiger partial charge in [0, 0.05) is 43.7 Å². The molecule has 0 unspecified atom stereocenters. The lowest BCUT2D eigenvalue weighted by Gasteiger charge is -2.31. The molecule has 0 aliphatic carbocycles. The molecular weight excluding hydrogens is 364 g/mol. The Bertz CT molecular complexity index is 1020. The van der Waals surface area contributed by atoms with Crippen molar-refractivity contribution in [2.24, 2.45) is 0 Å².